The zero-order chi connectivity index (χ0) is 15.6. The van der Waals surface area contributed by atoms with E-state index in [-0.39, 0.29) is 0 Å². The average molecular weight is 299 g/mol. The van der Waals surface area contributed by atoms with E-state index in [1.54, 1.807) is 24.3 Å². The minimum atomic E-state index is -0.431. The van der Waals surface area contributed by atoms with E-state index in [1.165, 1.54) is 5.56 Å². The van der Waals surface area contributed by atoms with Gasteiger partial charge in [-0.3, -0.25) is 0 Å². The molecule has 0 saturated heterocycles. The third-order valence-corrected chi connectivity index (χ3v) is 3.06. The van der Waals surface area contributed by atoms with Gasteiger partial charge in [0.25, 0.3) is 0 Å². The van der Waals surface area contributed by atoms with Crippen LogP contribution in [0, 0.1) is 0 Å². The Morgan fingerprint density at radius 2 is 1.68 bits per heavy atom. The van der Waals surface area contributed by atoms with Gasteiger partial charge in [-0.2, -0.15) is 0 Å². The number of carbonyl (C=O) groups is 1. The van der Waals surface area contributed by atoms with Crippen molar-refractivity contribution in [3.8, 4) is 11.5 Å². The lowest BCUT2D eigenvalue weighted by Gasteiger charge is -2.08. The Morgan fingerprint density at radius 1 is 1.00 bits per heavy atom. The maximum atomic E-state index is 11.4. The van der Waals surface area contributed by atoms with Gasteiger partial charge in [0, 0.05) is 13.0 Å². The van der Waals surface area contributed by atoms with Gasteiger partial charge in [0.1, 0.15) is 11.5 Å². The molecule has 2 aromatic carbocycles. The number of hydrogen-bond donors (Lipinski definition) is 1. The number of amides is 1. The minimum absolute atomic E-state index is 0.431. The van der Waals surface area contributed by atoms with Crippen LogP contribution in [0.3, 0.4) is 0 Å². The Labute approximate surface area is 131 Å². The van der Waals surface area contributed by atoms with Crippen molar-refractivity contribution < 1.29 is 14.3 Å². The third-order valence-electron chi connectivity index (χ3n) is 3.06. The summed E-state index contributed by atoms with van der Waals surface area (Å²) in [5.74, 6) is 1.27. The van der Waals surface area contributed by atoms with Crippen LogP contribution in [-0.2, 0) is 6.42 Å². The number of hydrogen-bond acceptors (Lipinski definition) is 3. The first-order chi connectivity index (χ1) is 10.8. The normalized spacial score (nSPS) is 10.0. The summed E-state index contributed by atoms with van der Waals surface area (Å²) < 4.78 is 10.8. The van der Waals surface area contributed by atoms with Crippen LogP contribution in [0.4, 0.5) is 4.79 Å². The largest absolute Gasteiger partial charge is 0.493 e. The molecule has 116 valence electrons. The molecule has 0 bridgehead atoms. The van der Waals surface area contributed by atoms with Crippen LogP contribution in [0.25, 0.3) is 0 Å². The van der Waals surface area contributed by atoms with Crippen molar-refractivity contribution >= 4 is 6.09 Å². The second-order valence-corrected chi connectivity index (χ2v) is 4.87. The van der Waals surface area contributed by atoms with Crippen molar-refractivity contribution in [3.63, 3.8) is 0 Å². The summed E-state index contributed by atoms with van der Waals surface area (Å²) in [5.41, 5.74) is 1.25. The molecule has 0 fully saturated rings. The minimum Gasteiger partial charge on any atom is -0.493 e. The van der Waals surface area contributed by atoms with E-state index in [0.717, 1.165) is 18.6 Å². The SMILES string of the molecule is CCCNC(=O)Oc1ccc(OCCc2ccccc2)cc1. The number of ether oxygens (including phenoxy) is 2. The quantitative estimate of drug-likeness (QED) is 0.845. The number of carbonyl (C=O) groups excluding carboxylic acids is 1. The Hall–Kier alpha value is -2.49. The Balaban J connectivity index is 1.75. The van der Waals surface area contributed by atoms with Gasteiger partial charge in [0.05, 0.1) is 6.61 Å². The molecule has 0 aliphatic rings. The monoisotopic (exact) mass is 299 g/mol. The van der Waals surface area contributed by atoms with Crippen LogP contribution in [-0.4, -0.2) is 19.2 Å². The molecule has 1 N–H and O–H groups in total. The summed E-state index contributed by atoms with van der Waals surface area (Å²) in [5, 5.41) is 2.66. The van der Waals surface area contributed by atoms with Crippen LogP contribution in [0.1, 0.15) is 18.9 Å². The lowest BCUT2D eigenvalue weighted by Crippen LogP contribution is -2.27. The molecule has 0 aliphatic heterocycles. The maximum absolute atomic E-state index is 11.4. The predicted molar refractivity (Wildman–Crippen MR) is 86.4 cm³/mol. The molecule has 22 heavy (non-hydrogen) atoms. The molecule has 0 aliphatic carbocycles. The van der Waals surface area contributed by atoms with Crippen LogP contribution >= 0.6 is 0 Å². The van der Waals surface area contributed by atoms with Crippen molar-refractivity contribution in [1.82, 2.24) is 5.32 Å². The van der Waals surface area contributed by atoms with Crippen LogP contribution in [0.2, 0.25) is 0 Å². The molecule has 0 saturated carbocycles. The Bertz CT molecular complexity index is 567. The van der Waals surface area contributed by atoms with Gasteiger partial charge >= 0.3 is 6.09 Å². The molecule has 1 amide bonds. The molecular formula is C18H21NO3. The second kappa shape index (κ2) is 8.72. The number of nitrogens with one attached hydrogen (secondary N) is 1. The summed E-state index contributed by atoms with van der Waals surface area (Å²) >= 11 is 0. The Kier molecular flexibility index (Phi) is 6.30. The van der Waals surface area contributed by atoms with Crippen molar-refractivity contribution in [1.29, 1.82) is 0 Å². The summed E-state index contributed by atoms with van der Waals surface area (Å²) in [7, 11) is 0. The molecule has 4 heteroatoms. The fraction of sp³-hybridized carbons (Fsp3) is 0.278. The molecule has 0 spiro atoms. The highest BCUT2D eigenvalue weighted by atomic mass is 16.6. The first-order valence-corrected chi connectivity index (χ1v) is 7.50. The van der Waals surface area contributed by atoms with E-state index >= 15 is 0 Å². The molecular weight excluding hydrogens is 278 g/mol. The molecule has 0 unspecified atom stereocenters. The van der Waals surface area contributed by atoms with Crippen molar-refractivity contribution in [2.24, 2.45) is 0 Å². The fourth-order valence-electron chi connectivity index (χ4n) is 1.91. The summed E-state index contributed by atoms with van der Waals surface area (Å²) in [6.07, 6.45) is 1.31. The smallest absolute Gasteiger partial charge is 0.412 e. The van der Waals surface area contributed by atoms with E-state index in [9.17, 15) is 4.79 Å². The van der Waals surface area contributed by atoms with Crippen LogP contribution in [0.15, 0.2) is 54.6 Å². The average Bonchev–Trinajstić information content (AvgIpc) is 2.55. The third kappa shape index (κ3) is 5.48. The molecule has 0 heterocycles. The number of benzene rings is 2. The van der Waals surface area contributed by atoms with Gasteiger partial charge in [0.2, 0.25) is 0 Å². The topological polar surface area (TPSA) is 47.6 Å². The molecule has 2 aromatic rings. The van der Waals surface area contributed by atoms with Crippen LogP contribution < -0.4 is 14.8 Å². The van der Waals surface area contributed by atoms with Gasteiger partial charge in [-0.15, -0.1) is 0 Å². The fourth-order valence-corrected chi connectivity index (χ4v) is 1.91. The van der Waals surface area contributed by atoms with Crippen molar-refractivity contribution in [2.45, 2.75) is 19.8 Å². The highest BCUT2D eigenvalue weighted by Crippen LogP contribution is 2.18. The van der Waals surface area contributed by atoms with Crippen LogP contribution in [0.5, 0.6) is 11.5 Å². The Morgan fingerprint density at radius 3 is 2.36 bits per heavy atom. The first-order valence-electron chi connectivity index (χ1n) is 7.50. The standard InChI is InChI=1S/C18H21NO3/c1-2-13-19-18(20)22-17-10-8-16(9-11-17)21-14-12-15-6-4-3-5-7-15/h3-11H,2,12-14H2,1H3,(H,19,20). The van der Waals surface area contributed by atoms with E-state index < -0.39 is 6.09 Å². The highest BCUT2D eigenvalue weighted by Gasteiger charge is 2.03. The maximum Gasteiger partial charge on any atom is 0.412 e. The zero-order valence-electron chi connectivity index (χ0n) is 12.7. The molecule has 0 aromatic heterocycles. The molecule has 4 nitrogen and oxygen atoms in total. The lowest BCUT2D eigenvalue weighted by atomic mass is 10.2. The second-order valence-electron chi connectivity index (χ2n) is 4.87. The van der Waals surface area contributed by atoms with Gasteiger partial charge in [-0.25, -0.2) is 4.79 Å². The van der Waals surface area contributed by atoms with E-state index in [1.807, 2.05) is 25.1 Å². The molecule has 0 atom stereocenters. The summed E-state index contributed by atoms with van der Waals surface area (Å²) in [4.78, 5) is 11.4. The highest BCUT2D eigenvalue weighted by molar-refractivity contribution is 5.70. The molecule has 0 radical (unpaired) electrons. The summed E-state index contributed by atoms with van der Waals surface area (Å²) in [6.45, 7) is 3.21. The molecule has 2 rings (SSSR count). The predicted octanol–water partition coefficient (Wildman–Crippen LogP) is 3.81. The van der Waals surface area contributed by atoms with Crippen molar-refractivity contribution in [3.05, 3.63) is 60.2 Å². The first kappa shape index (κ1) is 15.9. The van der Waals surface area contributed by atoms with Gasteiger partial charge < -0.3 is 14.8 Å². The van der Waals surface area contributed by atoms with E-state index in [2.05, 4.69) is 17.4 Å². The van der Waals surface area contributed by atoms with E-state index in [0.29, 0.717) is 18.9 Å². The zero-order valence-corrected chi connectivity index (χ0v) is 12.7. The van der Waals surface area contributed by atoms with Crippen molar-refractivity contribution in [2.75, 3.05) is 13.2 Å². The summed E-state index contributed by atoms with van der Waals surface area (Å²) in [6, 6.07) is 17.2. The van der Waals surface area contributed by atoms with Gasteiger partial charge in [0.15, 0.2) is 0 Å². The lowest BCUT2D eigenvalue weighted by molar-refractivity contribution is 0.200. The van der Waals surface area contributed by atoms with Gasteiger partial charge in [-0.1, -0.05) is 37.3 Å². The van der Waals surface area contributed by atoms with E-state index in [4.69, 9.17) is 9.47 Å². The number of rotatable bonds is 7. The van der Waals surface area contributed by atoms with Gasteiger partial charge in [-0.05, 0) is 36.2 Å².